The van der Waals surface area contributed by atoms with E-state index in [1.165, 1.54) is 12.1 Å². The number of halogens is 1. The third-order valence-corrected chi connectivity index (χ3v) is 3.62. The van der Waals surface area contributed by atoms with Crippen LogP contribution in [0.15, 0.2) is 46.4 Å². The highest BCUT2D eigenvalue weighted by molar-refractivity contribution is 8.13. The first-order chi connectivity index (χ1) is 8.02. The highest BCUT2D eigenvalue weighted by atomic mass is 35.7. The summed E-state index contributed by atoms with van der Waals surface area (Å²) in [5, 5.41) is 4.83. The molecule has 0 aromatic heterocycles. The third-order valence-electron chi connectivity index (χ3n) is 2.26. The fourth-order valence-corrected chi connectivity index (χ4v) is 2.30. The van der Waals surface area contributed by atoms with Gasteiger partial charge >= 0.3 is 0 Å². The molecule has 2 aromatic carbocycles. The van der Waals surface area contributed by atoms with Crippen molar-refractivity contribution in [2.75, 3.05) is 0 Å². The monoisotopic (exact) mass is 267 g/mol. The molecule has 7 heteroatoms. The van der Waals surface area contributed by atoms with Crippen molar-refractivity contribution in [2.24, 2.45) is 5.11 Å². The highest BCUT2D eigenvalue weighted by Crippen LogP contribution is 2.29. The van der Waals surface area contributed by atoms with Crippen LogP contribution < -0.4 is 0 Å². The fourth-order valence-electron chi connectivity index (χ4n) is 1.52. The van der Waals surface area contributed by atoms with Crippen molar-refractivity contribution in [1.82, 2.24) is 0 Å². The maximum Gasteiger partial charge on any atom is 0.261 e. The lowest BCUT2D eigenvalue weighted by atomic mass is 10.1. The Morgan fingerprint density at radius 2 is 2.00 bits per heavy atom. The lowest BCUT2D eigenvalue weighted by Gasteiger charge is -2.03. The molecule has 0 saturated carbocycles. The third kappa shape index (κ3) is 2.34. The Labute approximate surface area is 102 Å². The van der Waals surface area contributed by atoms with Crippen molar-refractivity contribution >= 4 is 36.2 Å². The minimum Gasteiger partial charge on any atom is -0.207 e. The number of hydrogen-bond acceptors (Lipinski definition) is 3. The fraction of sp³-hybridized carbons (Fsp3) is 0. The SMILES string of the molecule is [N-]=[N+]=Nc1cccc2ccc(S(=O)(=O)Cl)cc12. The second-order valence-electron chi connectivity index (χ2n) is 3.29. The molecule has 5 nitrogen and oxygen atoms in total. The van der Waals surface area contributed by atoms with Crippen molar-refractivity contribution in [3.63, 3.8) is 0 Å². The molecule has 0 atom stereocenters. The zero-order valence-electron chi connectivity index (χ0n) is 8.41. The van der Waals surface area contributed by atoms with Crippen LogP contribution in [0.3, 0.4) is 0 Å². The van der Waals surface area contributed by atoms with Gasteiger partial charge in [0.25, 0.3) is 9.05 Å². The number of fused-ring (bicyclic) bond motifs is 1. The summed E-state index contributed by atoms with van der Waals surface area (Å²) in [6, 6.07) is 9.53. The molecular weight excluding hydrogens is 262 g/mol. The lowest BCUT2D eigenvalue weighted by molar-refractivity contribution is 0.609. The van der Waals surface area contributed by atoms with E-state index in [4.69, 9.17) is 16.2 Å². The van der Waals surface area contributed by atoms with Gasteiger partial charge in [0, 0.05) is 21.3 Å². The van der Waals surface area contributed by atoms with Crippen LogP contribution in [0.2, 0.25) is 0 Å². The predicted octanol–water partition coefficient (Wildman–Crippen LogP) is 3.71. The van der Waals surface area contributed by atoms with E-state index < -0.39 is 9.05 Å². The summed E-state index contributed by atoms with van der Waals surface area (Å²) in [7, 11) is 1.47. The maximum absolute atomic E-state index is 11.2. The molecule has 0 aliphatic carbocycles. The first kappa shape index (κ1) is 11.7. The van der Waals surface area contributed by atoms with Gasteiger partial charge in [-0.3, -0.25) is 0 Å². The van der Waals surface area contributed by atoms with Gasteiger partial charge in [-0.25, -0.2) is 8.42 Å². The maximum atomic E-state index is 11.2. The predicted molar refractivity (Wildman–Crippen MR) is 65.8 cm³/mol. The smallest absolute Gasteiger partial charge is 0.207 e. The summed E-state index contributed by atoms with van der Waals surface area (Å²) < 4.78 is 22.4. The zero-order chi connectivity index (χ0) is 12.5. The van der Waals surface area contributed by atoms with Gasteiger partial charge in [0.15, 0.2) is 0 Å². The van der Waals surface area contributed by atoms with Crippen molar-refractivity contribution < 1.29 is 8.42 Å². The van der Waals surface area contributed by atoms with E-state index in [1.54, 1.807) is 24.3 Å². The van der Waals surface area contributed by atoms with Crippen molar-refractivity contribution in [3.8, 4) is 0 Å². The van der Waals surface area contributed by atoms with E-state index in [-0.39, 0.29) is 4.90 Å². The lowest BCUT2D eigenvalue weighted by Crippen LogP contribution is -1.89. The standard InChI is InChI=1S/C10H6ClN3O2S/c11-17(15,16)8-5-4-7-2-1-3-10(13-14-12)9(7)6-8/h1-6H. The van der Waals surface area contributed by atoms with Gasteiger partial charge in [0.05, 0.1) is 4.90 Å². The quantitative estimate of drug-likeness (QED) is 0.360. The summed E-state index contributed by atoms with van der Waals surface area (Å²) in [6.07, 6.45) is 0. The molecule has 0 unspecified atom stereocenters. The van der Waals surface area contributed by atoms with Crippen LogP contribution in [0, 0.1) is 0 Å². The van der Waals surface area contributed by atoms with Crippen molar-refractivity contribution in [3.05, 3.63) is 46.8 Å². The molecule has 0 bridgehead atoms. The molecule has 17 heavy (non-hydrogen) atoms. The summed E-state index contributed by atoms with van der Waals surface area (Å²) in [4.78, 5) is 2.67. The molecule has 0 saturated heterocycles. The van der Waals surface area contributed by atoms with Gasteiger partial charge in [-0.2, -0.15) is 0 Å². The Balaban J connectivity index is 2.83. The van der Waals surface area contributed by atoms with Gasteiger partial charge in [0.1, 0.15) is 0 Å². The molecule has 0 heterocycles. The van der Waals surface area contributed by atoms with Gasteiger partial charge in [-0.15, -0.1) is 0 Å². The van der Waals surface area contributed by atoms with Crippen LogP contribution in [-0.2, 0) is 9.05 Å². The normalized spacial score (nSPS) is 11.1. The summed E-state index contributed by atoms with van der Waals surface area (Å²) >= 11 is 0. The first-order valence-corrected chi connectivity index (χ1v) is 6.86. The van der Waals surface area contributed by atoms with Crippen LogP contribution in [0.5, 0.6) is 0 Å². The molecule has 2 rings (SSSR count). The van der Waals surface area contributed by atoms with E-state index in [0.29, 0.717) is 11.1 Å². The molecule has 0 spiro atoms. The number of hydrogen-bond donors (Lipinski definition) is 0. The largest absolute Gasteiger partial charge is 0.261 e. The Morgan fingerprint density at radius 1 is 1.24 bits per heavy atom. The topological polar surface area (TPSA) is 82.9 Å². The van der Waals surface area contributed by atoms with Crippen molar-refractivity contribution in [2.45, 2.75) is 4.90 Å². The Bertz CT molecular complexity index is 736. The zero-order valence-corrected chi connectivity index (χ0v) is 9.98. The molecule has 0 radical (unpaired) electrons. The molecule has 0 N–H and O–H groups in total. The van der Waals surface area contributed by atoms with Crippen LogP contribution in [0.25, 0.3) is 21.2 Å². The van der Waals surface area contributed by atoms with E-state index in [2.05, 4.69) is 10.0 Å². The number of nitrogens with zero attached hydrogens (tertiary/aromatic N) is 3. The van der Waals surface area contributed by atoms with Gasteiger partial charge in [-0.1, -0.05) is 29.4 Å². The van der Waals surface area contributed by atoms with E-state index in [1.807, 2.05) is 0 Å². The molecule has 0 aliphatic rings. The Hall–Kier alpha value is -1.75. The summed E-state index contributed by atoms with van der Waals surface area (Å²) in [5.41, 5.74) is 8.79. The van der Waals surface area contributed by atoms with Gasteiger partial charge in [0.2, 0.25) is 0 Å². The van der Waals surface area contributed by atoms with Crippen LogP contribution in [0.1, 0.15) is 0 Å². The number of azide groups is 1. The first-order valence-electron chi connectivity index (χ1n) is 4.55. The Kier molecular flexibility index (Phi) is 2.93. The summed E-state index contributed by atoms with van der Waals surface area (Å²) in [6.45, 7) is 0. The summed E-state index contributed by atoms with van der Waals surface area (Å²) in [5.74, 6) is 0. The van der Waals surface area contributed by atoms with Gasteiger partial charge in [-0.05, 0) is 28.4 Å². The molecular formula is C10H6ClN3O2S. The van der Waals surface area contributed by atoms with E-state index >= 15 is 0 Å². The van der Waals surface area contributed by atoms with E-state index in [0.717, 1.165) is 5.39 Å². The van der Waals surface area contributed by atoms with Crippen LogP contribution in [-0.4, -0.2) is 8.42 Å². The minimum absolute atomic E-state index is 0.0211. The van der Waals surface area contributed by atoms with E-state index in [9.17, 15) is 8.42 Å². The second kappa shape index (κ2) is 4.25. The molecule has 0 aliphatic heterocycles. The van der Waals surface area contributed by atoms with Crippen LogP contribution >= 0.6 is 10.7 Å². The average molecular weight is 268 g/mol. The molecule has 2 aromatic rings. The number of rotatable bonds is 2. The van der Waals surface area contributed by atoms with Crippen LogP contribution in [0.4, 0.5) is 5.69 Å². The number of benzene rings is 2. The second-order valence-corrected chi connectivity index (χ2v) is 5.85. The molecule has 86 valence electrons. The molecule has 0 fully saturated rings. The Morgan fingerprint density at radius 3 is 2.65 bits per heavy atom. The molecule has 0 amide bonds. The average Bonchev–Trinajstić information content (AvgIpc) is 2.28. The minimum atomic E-state index is -3.79. The van der Waals surface area contributed by atoms with Crippen molar-refractivity contribution in [1.29, 1.82) is 0 Å². The highest BCUT2D eigenvalue weighted by Gasteiger charge is 2.11. The van der Waals surface area contributed by atoms with Gasteiger partial charge < -0.3 is 0 Å².